The number of nitrogen functional groups attached to an aromatic ring is 1. The average Bonchev–Trinajstić information content (AvgIpc) is 2.14. The largest absolute Gasteiger partial charge is 0.497 e. The zero-order chi connectivity index (χ0) is 10.7. The number of aryl methyl sites for hydroxylation is 1. The molecule has 1 aromatic carbocycles. The number of nitrogens with zero attached hydrogens (tertiary/aromatic N) is 1. The molecule has 0 atom stereocenters. The second kappa shape index (κ2) is 6.00. The van der Waals surface area contributed by atoms with E-state index in [4.69, 9.17) is 18.3 Å². The van der Waals surface area contributed by atoms with Gasteiger partial charge in [-0.25, -0.2) is 0 Å². The lowest BCUT2D eigenvalue weighted by atomic mass is 9.89. The number of anilines is 1. The maximum absolute atomic E-state index is 5.89. The Morgan fingerprint density at radius 3 is 2.60 bits per heavy atom. The van der Waals surface area contributed by atoms with Gasteiger partial charge in [0.1, 0.15) is 13.6 Å². The van der Waals surface area contributed by atoms with Gasteiger partial charge < -0.3 is 10.5 Å². The predicted octanol–water partition coefficient (Wildman–Crippen LogP) is 1.05. The summed E-state index contributed by atoms with van der Waals surface area (Å²) < 4.78 is 5.17. The van der Waals surface area contributed by atoms with Crippen LogP contribution >= 0.6 is 24.0 Å². The summed E-state index contributed by atoms with van der Waals surface area (Å²) >= 11 is 0. The number of ether oxygens (including phenoxy) is 1. The van der Waals surface area contributed by atoms with E-state index in [-0.39, 0.29) is 24.0 Å². The van der Waals surface area contributed by atoms with Crippen molar-refractivity contribution in [2.45, 2.75) is 6.92 Å². The van der Waals surface area contributed by atoms with E-state index in [1.807, 2.05) is 6.92 Å². The molecule has 2 radical (unpaired) electrons. The monoisotopic (exact) mass is 316 g/mol. The highest BCUT2D eigenvalue weighted by atomic mass is 127. The van der Waals surface area contributed by atoms with Crippen molar-refractivity contribution >= 4 is 49.2 Å². The van der Waals surface area contributed by atoms with Crippen molar-refractivity contribution in [1.82, 2.24) is 0 Å². The van der Waals surface area contributed by atoms with E-state index in [2.05, 4.69) is 4.99 Å². The van der Waals surface area contributed by atoms with Crippen LogP contribution in [0, 0.1) is 6.92 Å². The van der Waals surface area contributed by atoms with Crippen LogP contribution < -0.4 is 15.9 Å². The summed E-state index contributed by atoms with van der Waals surface area (Å²) in [5.41, 5.74) is 8.79. The van der Waals surface area contributed by atoms with Crippen molar-refractivity contribution in [1.29, 1.82) is 0 Å². The normalized spacial score (nSPS) is 10.1. The van der Waals surface area contributed by atoms with Gasteiger partial charge in [0.2, 0.25) is 0 Å². The number of benzene rings is 1. The molecular formula is C10H14BIN2O. The summed E-state index contributed by atoms with van der Waals surface area (Å²) in [4.78, 5) is 3.92. The van der Waals surface area contributed by atoms with Crippen LogP contribution in [-0.2, 0) is 0 Å². The van der Waals surface area contributed by atoms with Crippen molar-refractivity contribution in [3.05, 3.63) is 17.2 Å². The van der Waals surface area contributed by atoms with E-state index in [1.54, 1.807) is 26.4 Å². The minimum Gasteiger partial charge on any atom is -0.497 e. The first-order chi connectivity index (χ1) is 6.61. The molecular weight excluding hydrogens is 302 g/mol. The first-order valence-corrected chi connectivity index (χ1v) is 4.26. The molecule has 2 N–H and O–H groups in total. The predicted molar refractivity (Wildman–Crippen MR) is 76.5 cm³/mol. The quantitative estimate of drug-likeness (QED) is 0.384. The minimum absolute atomic E-state index is 0. The summed E-state index contributed by atoms with van der Waals surface area (Å²) in [5.74, 6) is 0.582. The molecule has 15 heavy (non-hydrogen) atoms. The summed E-state index contributed by atoms with van der Waals surface area (Å²) in [7, 11) is 9.03. The number of halogens is 1. The third kappa shape index (κ3) is 2.87. The van der Waals surface area contributed by atoms with Gasteiger partial charge in [0, 0.05) is 18.9 Å². The zero-order valence-corrected chi connectivity index (χ0v) is 11.4. The lowest BCUT2D eigenvalue weighted by Gasteiger charge is -2.13. The van der Waals surface area contributed by atoms with Crippen molar-refractivity contribution in [2.75, 3.05) is 19.9 Å². The number of hydrogen-bond acceptors (Lipinski definition) is 3. The SMILES string of the molecule is I.[B]c1cc(C)c(N)c(C=NC)c1OC. The van der Waals surface area contributed by atoms with Gasteiger partial charge in [-0.15, -0.1) is 24.0 Å². The maximum atomic E-state index is 5.89. The number of nitrogens with two attached hydrogens (primary N) is 1. The highest BCUT2D eigenvalue weighted by molar-refractivity contribution is 14.0. The fourth-order valence-electron chi connectivity index (χ4n) is 1.35. The van der Waals surface area contributed by atoms with Crippen molar-refractivity contribution in [3.63, 3.8) is 0 Å². The Morgan fingerprint density at radius 2 is 2.13 bits per heavy atom. The van der Waals surface area contributed by atoms with Gasteiger partial charge in [-0.2, -0.15) is 0 Å². The number of methoxy groups -OCH3 is 1. The second-order valence-electron chi connectivity index (χ2n) is 3.03. The van der Waals surface area contributed by atoms with Gasteiger partial charge in [-0.1, -0.05) is 11.5 Å². The molecule has 0 unspecified atom stereocenters. The lowest BCUT2D eigenvalue weighted by molar-refractivity contribution is 0.418. The van der Waals surface area contributed by atoms with Crippen LogP contribution in [0.25, 0.3) is 0 Å². The first kappa shape index (κ1) is 14.3. The Labute approximate surface area is 109 Å². The van der Waals surface area contributed by atoms with Gasteiger partial charge in [-0.3, -0.25) is 4.99 Å². The van der Waals surface area contributed by atoms with Gasteiger partial charge >= 0.3 is 0 Å². The molecule has 0 heterocycles. The Kier molecular flexibility index (Phi) is 5.71. The first-order valence-electron chi connectivity index (χ1n) is 4.26. The highest BCUT2D eigenvalue weighted by Crippen LogP contribution is 2.23. The van der Waals surface area contributed by atoms with Gasteiger partial charge in [0.25, 0.3) is 0 Å². The smallest absolute Gasteiger partial charge is 0.122 e. The van der Waals surface area contributed by atoms with Gasteiger partial charge in [-0.05, 0) is 12.5 Å². The molecule has 0 amide bonds. The molecule has 5 heteroatoms. The van der Waals surface area contributed by atoms with E-state index in [0.29, 0.717) is 16.9 Å². The molecule has 0 spiro atoms. The summed E-state index contributed by atoms with van der Waals surface area (Å²) in [5, 5.41) is 0. The minimum atomic E-state index is 0. The number of aliphatic imine (C=N–C) groups is 1. The summed E-state index contributed by atoms with van der Waals surface area (Å²) in [6, 6.07) is 1.79. The Balaban J connectivity index is 0.00000196. The topological polar surface area (TPSA) is 47.6 Å². The summed E-state index contributed by atoms with van der Waals surface area (Å²) in [6.07, 6.45) is 1.65. The molecule has 0 aliphatic heterocycles. The third-order valence-corrected chi connectivity index (χ3v) is 2.06. The molecule has 0 aliphatic carbocycles. The summed E-state index contributed by atoms with van der Waals surface area (Å²) in [6.45, 7) is 1.90. The van der Waals surface area contributed by atoms with Gasteiger partial charge in [0.05, 0.1) is 12.7 Å². The zero-order valence-electron chi connectivity index (χ0n) is 9.07. The van der Waals surface area contributed by atoms with Crippen LogP contribution in [-0.4, -0.2) is 28.2 Å². The Bertz CT molecular complexity index is 380. The van der Waals surface area contributed by atoms with Crippen molar-refractivity contribution in [2.24, 2.45) is 4.99 Å². The van der Waals surface area contributed by atoms with Crippen LogP contribution in [0.2, 0.25) is 0 Å². The van der Waals surface area contributed by atoms with Crippen LogP contribution in [0.1, 0.15) is 11.1 Å². The third-order valence-electron chi connectivity index (χ3n) is 2.06. The van der Waals surface area contributed by atoms with Crippen LogP contribution in [0.5, 0.6) is 5.75 Å². The molecule has 0 bridgehead atoms. The molecule has 0 saturated heterocycles. The van der Waals surface area contributed by atoms with Crippen LogP contribution in [0.4, 0.5) is 5.69 Å². The van der Waals surface area contributed by atoms with Crippen LogP contribution in [0.3, 0.4) is 0 Å². The Hall–Kier alpha value is -0.715. The van der Waals surface area contributed by atoms with E-state index in [0.717, 1.165) is 11.1 Å². The maximum Gasteiger partial charge on any atom is 0.122 e. The molecule has 3 nitrogen and oxygen atoms in total. The molecule has 0 saturated carbocycles. The fourth-order valence-corrected chi connectivity index (χ4v) is 1.35. The van der Waals surface area contributed by atoms with E-state index < -0.39 is 0 Å². The fraction of sp³-hybridized carbons (Fsp3) is 0.300. The van der Waals surface area contributed by atoms with Crippen molar-refractivity contribution in [3.8, 4) is 5.75 Å². The van der Waals surface area contributed by atoms with E-state index >= 15 is 0 Å². The highest BCUT2D eigenvalue weighted by Gasteiger charge is 2.10. The van der Waals surface area contributed by atoms with Crippen LogP contribution in [0.15, 0.2) is 11.1 Å². The number of hydrogen-bond donors (Lipinski definition) is 1. The molecule has 0 fully saturated rings. The average molecular weight is 316 g/mol. The Morgan fingerprint density at radius 1 is 1.53 bits per heavy atom. The standard InChI is InChI=1S/C10H13BN2O.HI/c1-6-4-8(11)10(14-3)7(5-13-2)9(6)12;/h4-5H,12H2,1-3H3;1H. The second-order valence-corrected chi connectivity index (χ2v) is 3.03. The van der Waals surface area contributed by atoms with Crippen molar-refractivity contribution < 1.29 is 4.74 Å². The number of rotatable bonds is 2. The molecule has 80 valence electrons. The molecule has 1 aromatic rings. The van der Waals surface area contributed by atoms with E-state index in [1.165, 1.54) is 0 Å². The molecule has 0 aromatic heterocycles. The van der Waals surface area contributed by atoms with Gasteiger partial charge in [0.15, 0.2) is 0 Å². The van der Waals surface area contributed by atoms with E-state index in [9.17, 15) is 0 Å². The molecule has 0 aliphatic rings. The molecule has 1 rings (SSSR count). The lowest BCUT2D eigenvalue weighted by Crippen LogP contribution is -2.13.